The summed E-state index contributed by atoms with van der Waals surface area (Å²) in [5.41, 5.74) is 2.33. The Balaban J connectivity index is 1.88. The summed E-state index contributed by atoms with van der Waals surface area (Å²) in [5.74, 6) is -1.16. The number of amides is 2. The van der Waals surface area contributed by atoms with Crippen LogP contribution in [0.3, 0.4) is 0 Å². The molecule has 0 saturated carbocycles. The molecule has 176 valence electrons. The van der Waals surface area contributed by atoms with Gasteiger partial charge in [0.15, 0.2) is 0 Å². The Morgan fingerprint density at radius 3 is 1.82 bits per heavy atom. The summed E-state index contributed by atoms with van der Waals surface area (Å²) in [6.45, 7) is 3.87. The number of rotatable bonds is 10. The number of hydrogen-bond acceptors (Lipinski definition) is 4. The van der Waals surface area contributed by atoms with Crippen LogP contribution < -0.4 is 10.6 Å². The number of nitro groups is 1. The summed E-state index contributed by atoms with van der Waals surface area (Å²) < 4.78 is 0. The van der Waals surface area contributed by atoms with Gasteiger partial charge >= 0.3 is 0 Å². The maximum Gasteiger partial charge on any atom is 0.269 e. The molecule has 0 saturated heterocycles. The minimum atomic E-state index is -0.835. The summed E-state index contributed by atoms with van der Waals surface area (Å²) in [4.78, 5) is 37.2. The summed E-state index contributed by atoms with van der Waals surface area (Å²) in [5, 5.41) is 16.9. The first-order valence-corrected chi connectivity index (χ1v) is 11.3. The normalized spacial score (nSPS) is 12.6. The van der Waals surface area contributed by atoms with Crippen molar-refractivity contribution in [3.05, 3.63) is 112 Å². The number of nitrogens with zero attached hydrogens (tertiary/aromatic N) is 1. The second-order valence-electron chi connectivity index (χ2n) is 8.26. The molecule has 0 radical (unpaired) electrons. The van der Waals surface area contributed by atoms with Crippen molar-refractivity contribution < 1.29 is 14.5 Å². The highest BCUT2D eigenvalue weighted by Crippen LogP contribution is 2.25. The predicted molar refractivity (Wildman–Crippen MR) is 131 cm³/mol. The Kier molecular flexibility index (Phi) is 8.51. The summed E-state index contributed by atoms with van der Waals surface area (Å²) in [7, 11) is 0. The van der Waals surface area contributed by atoms with Crippen LogP contribution in [0.15, 0.2) is 84.9 Å². The standard InChI is InChI=1S/C27H29N3O4/c1-3-19(2)28-26(31)24(18-20-14-16-23(17-15-20)30(33)34)29-27(32)25(21-10-6-4-7-11-21)22-12-8-5-9-13-22/h4-17,19,24-25H,3,18H2,1-2H3,(H,28,31)(H,29,32)/t19-,24-/m0/s1. The number of benzene rings is 3. The average Bonchev–Trinajstić information content (AvgIpc) is 2.85. The minimum absolute atomic E-state index is 0.0263. The molecule has 0 heterocycles. The summed E-state index contributed by atoms with van der Waals surface area (Å²) in [6, 6.07) is 24.0. The Hall–Kier alpha value is -4.00. The van der Waals surface area contributed by atoms with Gasteiger partial charge in [-0.2, -0.15) is 0 Å². The van der Waals surface area contributed by atoms with Crippen LogP contribution >= 0.6 is 0 Å². The number of nitrogens with one attached hydrogen (secondary N) is 2. The van der Waals surface area contributed by atoms with Gasteiger partial charge in [0.25, 0.3) is 5.69 Å². The van der Waals surface area contributed by atoms with Gasteiger partial charge in [-0.1, -0.05) is 79.7 Å². The van der Waals surface area contributed by atoms with Crippen molar-refractivity contribution in [2.45, 2.75) is 44.7 Å². The van der Waals surface area contributed by atoms with Gasteiger partial charge in [0.05, 0.1) is 10.8 Å². The van der Waals surface area contributed by atoms with Crippen LogP contribution in [0.5, 0.6) is 0 Å². The highest BCUT2D eigenvalue weighted by Gasteiger charge is 2.28. The number of hydrogen-bond donors (Lipinski definition) is 2. The Morgan fingerprint density at radius 2 is 1.35 bits per heavy atom. The Bertz CT molecular complexity index is 1060. The number of carbonyl (C=O) groups excluding carboxylic acids is 2. The first-order chi connectivity index (χ1) is 16.4. The second-order valence-corrected chi connectivity index (χ2v) is 8.26. The van der Waals surface area contributed by atoms with Gasteiger partial charge in [0.1, 0.15) is 6.04 Å². The van der Waals surface area contributed by atoms with E-state index in [9.17, 15) is 19.7 Å². The first-order valence-electron chi connectivity index (χ1n) is 11.3. The molecule has 7 nitrogen and oxygen atoms in total. The third-order valence-corrected chi connectivity index (χ3v) is 5.75. The van der Waals surface area contributed by atoms with E-state index in [0.29, 0.717) is 5.56 Å². The quantitative estimate of drug-likeness (QED) is 0.347. The molecule has 0 bridgehead atoms. The van der Waals surface area contributed by atoms with E-state index in [2.05, 4.69) is 10.6 Å². The number of carbonyl (C=O) groups is 2. The van der Waals surface area contributed by atoms with Gasteiger partial charge in [0, 0.05) is 24.6 Å². The van der Waals surface area contributed by atoms with Crippen molar-refractivity contribution in [1.82, 2.24) is 10.6 Å². The fourth-order valence-corrected chi connectivity index (χ4v) is 3.69. The lowest BCUT2D eigenvalue weighted by molar-refractivity contribution is -0.384. The van der Waals surface area contributed by atoms with Gasteiger partial charge < -0.3 is 10.6 Å². The third-order valence-electron chi connectivity index (χ3n) is 5.75. The maximum atomic E-state index is 13.6. The molecule has 0 fully saturated rings. The molecule has 0 aromatic heterocycles. The van der Waals surface area contributed by atoms with Crippen molar-refractivity contribution >= 4 is 17.5 Å². The summed E-state index contributed by atoms with van der Waals surface area (Å²) >= 11 is 0. The average molecular weight is 460 g/mol. The zero-order valence-electron chi connectivity index (χ0n) is 19.3. The zero-order chi connectivity index (χ0) is 24.5. The van der Waals surface area contributed by atoms with Crippen molar-refractivity contribution in [3.63, 3.8) is 0 Å². The van der Waals surface area contributed by atoms with E-state index in [1.54, 1.807) is 12.1 Å². The van der Waals surface area contributed by atoms with Gasteiger partial charge in [-0.3, -0.25) is 19.7 Å². The molecule has 0 aliphatic rings. The lowest BCUT2D eigenvalue weighted by Gasteiger charge is -2.24. The molecule has 2 atom stereocenters. The highest BCUT2D eigenvalue weighted by molar-refractivity contribution is 5.92. The molecule has 34 heavy (non-hydrogen) atoms. The van der Waals surface area contributed by atoms with Crippen LogP contribution in [0.1, 0.15) is 42.9 Å². The molecule has 0 spiro atoms. The monoisotopic (exact) mass is 459 g/mol. The van der Waals surface area contributed by atoms with E-state index in [4.69, 9.17) is 0 Å². The van der Waals surface area contributed by atoms with Crippen molar-refractivity contribution in [2.24, 2.45) is 0 Å². The predicted octanol–water partition coefficient (Wildman–Crippen LogP) is 4.37. The van der Waals surface area contributed by atoms with Crippen LogP contribution in [0.2, 0.25) is 0 Å². The second kappa shape index (κ2) is 11.7. The molecule has 3 aromatic carbocycles. The van der Waals surface area contributed by atoms with E-state index >= 15 is 0 Å². The van der Waals surface area contributed by atoms with Crippen molar-refractivity contribution in [1.29, 1.82) is 0 Å². The molecular formula is C27H29N3O4. The fraction of sp³-hybridized carbons (Fsp3) is 0.259. The van der Waals surface area contributed by atoms with E-state index in [0.717, 1.165) is 17.5 Å². The number of nitro benzene ring substituents is 1. The molecule has 0 aliphatic heterocycles. The van der Waals surface area contributed by atoms with E-state index < -0.39 is 16.9 Å². The molecule has 7 heteroatoms. The van der Waals surface area contributed by atoms with Gasteiger partial charge in [-0.25, -0.2) is 0 Å². The molecule has 2 N–H and O–H groups in total. The maximum absolute atomic E-state index is 13.6. The topological polar surface area (TPSA) is 101 Å². The molecule has 2 amide bonds. The van der Waals surface area contributed by atoms with Gasteiger partial charge in [-0.15, -0.1) is 0 Å². The molecule has 3 rings (SSSR count). The lowest BCUT2D eigenvalue weighted by Crippen LogP contribution is -2.51. The lowest BCUT2D eigenvalue weighted by atomic mass is 9.90. The van der Waals surface area contributed by atoms with Crippen LogP contribution in [0.4, 0.5) is 5.69 Å². The van der Waals surface area contributed by atoms with Gasteiger partial charge in [-0.05, 0) is 30.0 Å². The Labute approximate surface area is 199 Å². The highest BCUT2D eigenvalue weighted by atomic mass is 16.6. The van der Waals surface area contributed by atoms with Crippen LogP contribution in [0.25, 0.3) is 0 Å². The van der Waals surface area contributed by atoms with E-state index in [-0.39, 0.29) is 30.0 Å². The molecule has 0 aliphatic carbocycles. The van der Waals surface area contributed by atoms with Gasteiger partial charge in [0.2, 0.25) is 11.8 Å². The Morgan fingerprint density at radius 1 is 0.824 bits per heavy atom. The number of non-ortho nitro benzene ring substituents is 1. The SMILES string of the molecule is CC[C@H](C)NC(=O)[C@H](Cc1ccc([N+](=O)[O-])cc1)NC(=O)C(c1ccccc1)c1ccccc1. The molecule has 3 aromatic rings. The van der Waals surface area contributed by atoms with Crippen LogP contribution in [-0.4, -0.2) is 28.8 Å². The van der Waals surface area contributed by atoms with Crippen molar-refractivity contribution in [3.8, 4) is 0 Å². The summed E-state index contributed by atoms with van der Waals surface area (Å²) in [6.07, 6.45) is 0.961. The van der Waals surface area contributed by atoms with E-state index in [1.807, 2.05) is 74.5 Å². The van der Waals surface area contributed by atoms with Crippen LogP contribution in [-0.2, 0) is 16.0 Å². The molecule has 0 unspecified atom stereocenters. The van der Waals surface area contributed by atoms with E-state index in [1.165, 1.54) is 12.1 Å². The third kappa shape index (κ3) is 6.51. The molecular weight excluding hydrogens is 430 g/mol. The smallest absolute Gasteiger partial charge is 0.269 e. The fourth-order valence-electron chi connectivity index (χ4n) is 3.69. The van der Waals surface area contributed by atoms with Crippen molar-refractivity contribution in [2.75, 3.05) is 0 Å². The zero-order valence-corrected chi connectivity index (χ0v) is 19.3. The minimum Gasteiger partial charge on any atom is -0.352 e. The van der Waals surface area contributed by atoms with Crippen LogP contribution in [0, 0.1) is 10.1 Å². The largest absolute Gasteiger partial charge is 0.352 e. The first kappa shape index (κ1) is 24.6.